The van der Waals surface area contributed by atoms with Gasteiger partial charge in [0, 0.05) is 25.0 Å². The molecular formula is C15H22N2O6S. The van der Waals surface area contributed by atoms with E-state index >= 15 is 0 Å². The topological polar surface area (TPSA) is 122 Å². The molecule has 2 N–H and O–H groups in total. The SMILES string of the molecule is CC1(C)CC(Oc2ccc([N+](=O)[O-])cc2S(N)(=O)=O)CC(C)(C)O1. The van der Waals surface area contributed by atoms with E-state index in [9.17, 15) is 18.5 Å². The molecule has 2 rings (SSSR count). The van der Waals surface area contributed by atoms with Gasteiger partial charge in [-0.05, 0) is 33.8 Å². The second kappa shape index (κ2) is 5.98. The van der Waals surface area contributed by atoms with Crippen LogP contribution >= 0.6 is 0 Å². The Balaban J connectivity index is 2.37. The minimum Gasteiger partial charge on any atom is -0.489 e. The third-order valence-corrected chi connectivity index (χ3v) is 4.66. The summed E-state index contributed by atoms with van der Waals surface area (Å²) in [5.74, 6) is 0.0154. The molecule has 1 heterocycles. The average molecular weight is 358 g/mol. The van der Waals surface area contributed by atoms with E-state index in [2.05, 4.69) is 0 Å². The molecule has 0 radical (unpaired) electrons. The van der Waals surface area contributed by atoms with Crippen LogP contribution in [0.2, 0.25) is 0 Å². The van der Waals surface area contributed by atoms with Crippen molar-refractivity contribution in [1.29, 1.82) is 0 Å². The molecule has 24 heavy (non-hydrogen) atoms. The number of non-ortho nitro benzene ring substituents is 1. The molecule has 1 aromatic carbocycles. The number of nitro benzene ring substituents is 1. The summed E-state index contributed by atoms with van der Waals surface area (Å²) in [4.78, 5) is 9.79. The second-order valence-electron chi connectivity index (χ2n) is 7.20. The Morgan fingerprint density at radius 2 is 1.79 bits per heavy atom. The fourth-order valence-electron chi connectivity index (χ4n) is 3.19. The van der Waals surface area contributed by atoms with Crippen LogP contribution in [-0.2, 0) is 14.8 Å². The Labute approximate surface area is 141 Å². The monoisotopic (exact) mass is 358 g/mol. The number of rotatable bonds is 4. The van der Waals surface area contributed by atoms with Crippen LogP contribution in [0.25, 0.3) is 0 Å². The predicted molar refractivity (Wildman–Crippen MR) is 87.4 cm³/mol. The molecule has 0 aromatic heterocycles. The van der Waals surface area contributed by atoms with E-state index < -0.39 is 26.1 Å². The average Bonchev–Trinajstić information content (AvgIpc) is 2.33. The second-order valence-corrected chi connectivity index (χ2v) is 8.73. The van der Waals surface area contributed by atoms with Crippen molar-refractivity contribution in [2.75, 3.05) is 0 Å². The highest BCUT2D eigenvalue weighted by molar-refractivity contribution is 7.89. The van der Waals surface area contributed by atoms with Crippen LogP contribution in [0, 0.1) is 10.1 Å². The lowest BCUT2D eigenvalue weighted by Crippen LogP contribution is -2.49. The summed E-state index contributed by atoms with van der Waals surface area (Å²) in [6.45, 7) is 7.72. The summed E-state index contributed by atoms with van der Waals surface area (Å²) in [6, 6.07) is 3.38. The van der Waals surface area contributed by atoms with Gasteiger partial charge in [0.05, 0.1) is 16.1 Å². The van der Waals surface area contributed by atoms with Crippen LogP contribution in [0.5, 0.6) is 5.75 Å². The molecule has 1 aromatic rings. The fourth-order valence-corrected chi connectivity index (χ4v) is 3.87. The lowest BCUT2D eigenvalue weighted by atomic mass is 9.87. The molecule has 1 aliphatic rings. The first-order chi connectivity index (χ1) is 10.8. The molecule has 1 saturated heterocycles. The minimum atomic E-state index is -4.16. The third kappa shape index (κ3) is 4.43. The smallest absolute Gasteiger partial charge is 0.271 e. The van der Waals surface area contributed by atoms with Crippen molar-refractivity contribution in [2.24, 2.45) is 5.14 Å². The number of nitrogens with zero attached hydrogens (tertiary/aromatic N) is 1. The Hall–Kier alpha value is -1.71. The van der Waals surface area contributed by atoms with E-state index in [-0.39, 0.29) is 22.4 Å². The summed E-state index contributed by atoms with van der Waals surface area (Å²) < 4.78 is 35.4. The van der Waals surface area contributed by atoms with E-state index in [1.165, 1.54) is 12.1 Å². The van der Waals surface area contributed by atoms with Gasteiger partial charge in [0.2, 0.25) is 10.0 Å². The first-order valence-corrected chi connectivity index (χ1v) is 9.02. The molecule has 0 saturated carbocycles. The Morgan fingerprint density at radius 3 is 2.25 bits per heavy atom. The van der Waals surface area contributed by atoms with Crippen LogP contribution in [0.1, 0.15) is 40.5 Å². The van der Waals surface area contributed by atoms with Crippen molar-refractivity contribution in [1.82, 2.24) is 0 Å². The van der Waals surface area contributed by atoms with Crippen LogP contribution < -0.4 is 9.88 Å². The Morgan fingerprint density at radius 1 is 1.25 bits per heavy atom. The van der Waals surface area contributed by atoms with Gasteiger partial charge in [0.25, 0.3) is 5.69 Å². The van der Waals surface area contributed by atoms with E-state index in [0.29, 0.717) is 12.8 Å². The van der Waals surface area contributed by atoms with Gasteiger partial charge in [0.1, 0.15) is 16.7 Å². The molecule has 0 unspecified atom stereocenters. The number of sulfonamides is 1. The van der Waals surface area contributed by atoms with Gasteiger partial charge in [-0.3, -0.25) is 10.1 Å². The molecule has 0 bridgehead atoms. The maximum Gasteiger partial charge on any atom is 0.271 e. The quantitative estimate of drug-likeness (QED) is 0.651. The van der Waals surface area contributed by atoms with Crippen LogP contribution in [0.15, 0.2) is 23.1 Å². The van der Waals surface area contributed by atoms with Crippen molar-refractivity contribution in [3.8, 4) is 5.75 Å². The summed E-state index contributed by atoms with van der Waals surface area (Å²) >= 11 is 0. The van der Waals surface area contributed by atoms with Crippen LogP contribution in [-0.4, -0.2) is 30.6 Å². The van der Waals surface area contributed by atoms with Crippen LogP contribution in [0.3, 0.4) is 0 Å². The molecule has 8 nitrogen and oxygen atoms in total. The summed E-state index contributed by atoms with van der Waals surface area (Å²) in [6.07, 6.45) is 0.806. The first kappa shape index (κ1) is 18.6. The lowest BCUT2D eigenvalue weighted by molar-refractivity contribution is -0.385. The van der Waals surface area contributed by atoms with Crippen molar-refractivity contribution in [3.05, 3.63) is 28.3 Å². The van der Waals surface area contributed by atoms with Crippen molar-refractivity contribution < 1.29 is 22.8 Å². The van der Waals surface area contributed by atoms with Crippen molar-refractivity contribution in [2.45, 2.75) is 62.7 Å². The number of primary sulfonamides is 1. The van der Waals surface area contributed by atoms with Gasteiger partial charge in [-0.25, -0.2) is 13.6 Å². The fraction of sp³-hybridized carbons (Fsp3) is 0.600. The zero-order valence-electron chi connectivity index (χ0n) is 14.1. The highest BCUT2D eigenvalue weighted by Crippen LogP contribution is 2.38. The van der Waals surface area contributed by atoms with E-state index in [0.717, 1.165) is 6.07 Å². The molecule has 1 aliphatic heterocycles. The van der Waals surface area contributed by atoms with Gasteiger partial charge >= 0.3 is 0 Å². The van der Waals surface area contributed by atoms with E-state index in [1.54, 1.807) is 0 Å². The van der Waals surface area contributed by atoms with Crippen molar-refractivity contribution >= 4 is 15.7 Å². The highest BCUT2D eigenvalue weighted by Gasteiger charge is 2.40. The van der Waals surface area contributed by atoms with Gasteiger partial charge in [-0.2, -0.15) is 0 Å². The number of hydrogen-bond acceptors (Lipinski definition) is 6. The number of benzene rings is 1. The molecule has 9 heteroatoms. The van der Waals surface area contributed by atoms with Gasteiger partial charge in [0.15, 0.2) is 0 Å². The molecule has 0 atom stereocenters. The first-order valence-electron chi connectivity index (χ1n) is 7.47. The van der Waals surface area contributed by atoms with Gasteiger partial charge in [-0.1, -0.05) is 0 Å². The van der Waals surface area contributed by atoms with Crippen LogP contribution in [0.4, 0.5) is 5.69 Å². The highest BCUT2D eigenvalue weighted by atomic mass is 32.2. The van der Waals surface area contributed by atoms with E-state index in [1.807, 2.05) is 27.7 Å². The molecule has 0 aliphatic carbocycles. The molecule has 0 spiro atoms. The zero-order chi connectivity index (χ0) is 18.3. The largest absolute Gasteiger partial charge is 0.489 e. The number of ether oxygens (including phenoxy) is 2. The number of nitro groups is 1. The molecule has 0 amide bonds. The number of hydrogen-bond donors (Lipinski definition) is 1. The summed E-state index contributed by atoms with van der Waals surface area (Å²) in [5.41, 5.74) is -1.23. The maximum absolute atomic E-state index is 11.8. The minimum absolute atomic E-state index is 0.0154. The number of nitrogens with two attached hydrogens (primary N) is 1. The Bertz CT molecular complexity index is 741. The summed E-state index contributed by atoms with van der Waals surface area (Å²) in [5, 5.41) is 16.0. The molecule has 1 fully saturated rings. The standard InChI is InChI=1S/C15H22N2O6S/c1-14(2)8-11(9-15(3,4)23-14)22-12-6-5-10(17(18)19)7-13(12)24(16,20)21/h5-7,11H,8-9H2,1-4H3,(H2,16,20,21). The van der Waals surface area contributed by atoms with Crippen molar-refractivity contribution in [3.63, 3.8) is 0 Å². The van der Waals surface area contributed by atoms with Gasteiger partial charge < -0.3 is 9.47 Å². The lowest BCUT2D eigenvalue weighted by Gasteiger charge is -2.45. The molecule has 134 valence electrons. The third-order valence-electron chi connectivity index (χ3n) is 3.73. The molecular weight excluding hydrogens is 336 g/mol. The van der Waals surface area contributed by atoms with Gasteiger partial charge in [-0.15, -0.1) is 0 Å². The summed E-state index contributed by atoms with van der Waals surface area (Å²) in [7, 11) is -4.16. The van der Waals surface area contributed by atoms with E-state index in [4.69, 9.17) is 14.6 Å². The Kier molecular flexibility index (Phi) is 4.64. The zero-order valence-corrected chi connectivity index (χ0v) is 14.9. The normalized spacial score (nSPS) is 20.5. The predicted octanol–water partition coefficient (Wildman–Crippen LogP) is 2.36. The maximum atomic E-state index is 11.8.